The number of aromatic nitrogens is 2. The van der Waals surface area contributed by atoms with Gasteiger partial charge in [-0.1, -0.05) is 11.4 Å². The molecular formula is C10H12N4OS. The first-order valence-electron chi connectivity index (χ1n) is 5.29. The van der Waals surface area contributed by atoms with Gasteiger partial charge in [-0.05, 0) is 30.8 Å². The topological polar surface area (TPSA) is 69.9 Å². The van der Waals surface area contributed by atoms with Crippen LogP contribution in [0.4, 0.5) is 0 Å². The van der Waals surface area contributed by atoms with Gasteiger partial charge in [-0.25, -0.2) is 0 Å². The number of aryl methyl sites for hydroxylation is 1. The van der Waals surface area contributed by atoms with E-state index in [0.29, 0.717) is 17.8 Å². The summed E-state index contributed by atoms with van der Waals surface area (Å²) >= 11 is 1.12. The summed E-state index contributed by atoms with van der Waals surface area (Å²) in [6, 6.07) is 1.88. The predicted octanol–water partition coefficient (Wildman–Crippen LogP) is 1.23. The summed E-state index contributed by atoms with van der Waals surface area (Å²) in [5.74, 6) is -0.0871. The summed E-state index contributed by atoms with van der Waals surface area (Å²) in [4.78, 5) is 14.4. The van der Waals surface area contributed by atoms with Crippen molar-refractivity contribution in [3.05, 3.63) is 10.6 Å². The van der Waals surface area contributed by atoms with Gasteiger partial charge in [0.15, 0.2) is 0 Å². The molecule has 0 aliphatic carbocycles. The van der Waals surface area contributed by atoms with Crippen molar-refractivity contribution in [3.8, 4) is 6.07 Å². The molecule has 1 fully saturated rings. The molecule has 1 aromatic rings. The van der Waals surface area contributed by atoms with Gasteiger partial charge in [0.2, 0.25) is 0 Å². The largest absolute Gasteiger partial charge is 0.322 e. The molecule has 16 heavy (non-hydrogen) atoms. The minimum atomic E-state index is -0.278. The molecule has 1 saturated heterocycles. The molecule has 5 nitrogen and oxygen atoms in total. The lowest BCUT2D eigenvalue weighted by Gasteiger charge is -2.18. The van der Waals surface area contributed by atoms with Crippen molar-refractivity contribution in [2.24, 2.45) is 0 Å². The van der Waals surface area contributed by atoms with Gasteiger partial charge in [0.25, 0.3) is 5.91 Å². The number of amides is 1. The molecule has 1 aliphatic rings. The fourth-order valence-corrected chi connectivity index (χ4v) is 2.58. The highest BCUT2D eigenvalue weighted by molar-refractivity contribution is 7.08. The number of hydrogen-bond acceptors (Lipinski definition) is 5. The summed E-state index contributed by atoms with van der Waals surface area (Å²) in [5.41, 5.74) is 0.735. The number of carbonyl (C=O) groups excluding carboxylic acids is 1. The second kappa shape index (κ2) is 4.58. The first-order chi connectivity index (χ1) is 7.77. The number of nitriles is 1. The van der Waals surface area contributed by atoms with E-state index in [-0.39, 0.29) is 11.9 Å². The zero-order chi connectivity index (χ0) is 11.5. The fourth-order valence-electron chi connectivity index (χ4n) is 1.88. The summed E-state index contributed by atoms with van der Waals surface area (Å²) in [5, 5.41) is 12.9. The smallest absolute Gasteiger partial charge is 0.268 e. The van der Waals surface area contributed by atoms with Crippen LogP contribution in [0.5, 0.6) is 0 Å². The van der Waals surface area contributed by atoms with Crippen LogP contribution < -0.4 is 0 Å². The van der Waals surface area contributed by atoms with E-state index < -0.39 is 0 Å². The van der Waals surface area contributed by atoms with E-state index in [2.05, 4.69) is 15.7 Å². The van der Waals surface area contributed by atoms with Gasteiger partial charge in [-0.15, -0.1) is 5.10 Å². The minimum Gasteiger partial charge on any atom is -0.322 e. The van der Waals surface area contributed by atoms with Crippen molar-refractivity contribution in [1.82, 2.24) is 14.5 Å². The second-order valence-electron chi connectivity index (χ2n) is 3.69. The Morgan fingerprint density at radius 1 is 1.75 bits per heavy atom. The van der Waals surface area contributed by atoms with Crippen LogP contribution in [-0.2, 0) is 6.42 Å². The van der Waals surface area contributed by atoms with Gasteiger partial charge in [0.05, 0.1) is 11.8 Å². The van der Waals surface area contributed by atoms with Gasteiger partial charge < -0.3 is 4.90 Å². The molecule has 0 saturated carbocycles. The molecule has 0 spiro atoms. The normalized spacial score (nSPS) is 19.8. The third kappa shape index (κ3) is 1.78. The Bertz CT molecular complexity index is 436. The predicted molar refractivity (Wildman–Crippen MR) is 59.0 cm³/mol. The van der Waals surface area contributed by atoms with E-state index in [4.69, 9.17) is 5.26 Å². The summed E-state index contributed by atoms with van der Waals surface area (Å²) in [6.45, 7) is 2.61. The van der Waals surface area contributed by atoms with Crippen LogP contribution in [0, 0.1) is 11.3 Å². The molecule has 6 heteroatoms. The molecule has 0 bridgehead atoms. The summed E-state index contributed by atoms with van der Waals surface area (Å²) in [7, 11) is 0. The van der Waals surface area contributed by atoms with Crippen LogP contribution in [0.25, 0.3) is 0 Å². The van der Waals surface area contributed by atoms with Crippen molar-refractivity contribution in [3.63, 3.8) is 0 Å². The van der Waals surface area contributed by atoms with Crippen LogP contribution in [-0.4, -0.2) is 33.0 Å². The standard InChI is InChI=1S/C10H12N4OS/c1-2-8-9(16-13-12-8)10(15)14-5-3-4-7(14)6-11/h7H,2-5H2,1H3. The summed E-state index contributed by atoms with van der Waals surface area (Å²) < 4.78 is 3.80. The summed E-state index contributed by atoms with van der Waals surface area (Å²) in [6.07, 6.45) is 2.37. The molecule has 1 aliphatic heterocycles. The number of rotatable bonds is 2. The Morgan fingerprint density at radius 3 is 3.25 bits per heavy atom. The maximum absolute atomic E-state index is 12.2. The average Bonchev–Trinajstić information content (AvgIpc) is 2.96. The van der Waals surface area contributed by atoms with Gasteiger partial charge in [-0.2, -0.15) is 5.26 Å². The minimum absolute atomic E-state index is 0.0871. The van der Waals surface area contributed by atoms with Crippen molar-refractivity contribution in [1.29, 1.82) is 5.26 Å². The SMILES string of the molecule is CCc1nnsc1C(=O)N1CCCC1C#N. The van der Waals surface area contributed by atoms with E-state index in [1.54, 1.807) is 4.90 Å². The highest BCUT2D eigenvalue weighted by atomic mass is 32.1. The molecule has 0 aromatic carbocycles. The molecule has 0 radical (unpaired) electrons. The van der Waals surface area contributed by atoms with Gasteiger partial charge in [0.1, 0.15) is 10.9 Å². The van der Waals surface area contributed by atoms with Crippen molar-refractivity contribution >= 4 is 17.4 Å². The highest BCUT2D eigenvalue weighted by Gasteiger charge is 2.31. The zero-order valence-electron chi connectivity index (χ0n) is 9.01. The van der Waals surface area contributed by atoms with Gasteiger partial charge >= 0.3 is 0 Å². The van der Waals surface area contributed by atoms with E-state index in [9.17, 15) is 4.79 Å². The molecule has 2 heterocycles. The molecule has 1 unspecified atom stereocenters. The van der Waals surface area contributed by atoms with Gasteiger partial charge in [0, 0.05) is 6.54 Å². The fraction of sp³-hybridized carbons (Fsp3) is 0.600. The number of hydrogen-bond donors (Lipinski definition) is 0. The second-order valence-corrected chi connectivity index (χ2v) is 4.44. The van der Waals surface area contributed by atoms with Crippen LogP contribution in [0.2, 0.25) is 0 Å². The van der Waals surface area contributed by atoms with Crippen LogP contribution >= 0.6 is 11.5 Å². The molecule has 1 amide bonds. The molecule has 1 aromatic heterocycles. The highest BCUT2D eigenvalue weighted by Crippen LogP contribution is 2.22. The number of likely N-dealkylation sites (tertiary alicyclic amines) is 1. The Labute approximate surface area is 97.8 Å². The first-order valence-corrected chi connectivity index (χ1v) is 6.07. The molecule has 84 valence electrons. The van der Waals surface area contributed by atoms with Crippen LogP contribution in [0.1, 0.15) is 35.1 Å². The van der Waals surface area contributed by atoms with E-state index in [0.717, 1.165) is 30.1 Å². The monoisotopic (exact) mass is 236 g/mol. The van der Waals surface area contributed by atoms with E-state index in [1.165, 1.54) is 0 Å². The number of carbonyl (C=O) groups is 1. The maximum atomic E-state index is 12.2. The Kier molecular flexibility index (Phi) is 3.15. The Hall–Kier alpha value is -1.48. The zero-order valence-corrected chi connectivity index (χ0v) is 9.83. The third-order valence-corrected chi connectivity index (χ3v) is 3.50. The average molecular weight is 236 g/mol. The van der Waals surface area contributed by atoms with Crippen LogP contribution in [0.15, 0.2) is 0 Å². The van der Waals surface area contributed by atoms with Crippen molar-refractivity contribution in [2.45, 2.75) is 32.2 Å². The molecular weight excluding hydrogens is 224 g/mol. The van der Waals surface area contributed by atoms with E-state index in [1.807, 2.05) is 6.92 Å². The first kappa shape index (κ1) is 11.0. The Balaban J connectivity index is 2.22. The molecule has 1 atom stereocenters. The maximum Gasteiger partial charge on any atom is 0.268 e. The van der Waals surface area contributed by atoms with Crippen molar-refractivity contribution in [2.75, 3.05) is 6.54 Å². The van der Waals surface area contributed by atoms with Gasteiger partial charge in [-0.3, -0.25) is 4.79 Å². The third-order valence-electron chi connectivity index (χ3n) is 2.75. The lowest BCUT2D eigenvalue weighted by atomic mass is 10.2. The quantitative estimate of drug-likeness (QED) is 0.774. The molecule has 0 N–H and O–H groups in total. The number of nitrogens with zero attached hydrogens (tertiary/aromatic N) is 4. The lowest BCUT2D eigenvalue weighted by molar-refractivity contribution is 0.0768. The molecule has 2 rings (SSSR count). The van der Waals surface area contributed by atoms with E-state index >= 15 is 0 Å². The van der Waals surface area contributed by atoms with Crippen LogP contribution in [0.3, 0.4) is 0 Å². The Morgan fingerprint density at radius 2 is 2.56 bits per heavy atom. The lowest BCUT2D eigenvalue weighted by Crippen LogP contribution is -2.34. The van der Waals surface area contributed by atoms with Crippen molar-refractivity contribution < 1.29 is 4.79 Å².